The molecule has 0 fully saturated rings. The number of aliphatic hydroxyl groups is 2. The van der Waals surface area contributed by atoms with Crippen molar-refractivity contribution in [2.75, 3.05) is 13.2 Å². The van der Waals surface area contributed by atoms with E-state index in [2.05, 4.69) is 0 Å². The van der Waals surface area contributed by atoms with Crippen LogP contribution in [-0.4, -0.2) is 29.5 Å². The lowest BCUT2D eigenvalue weighted by atomic mass is 10.0. The quantitative estimate of drug-likeness (QED) is 0.721. The highest BCUT2D eigenvalue weighted by molar-refractivity contribution is 5.32. The zero-order valence-corrected chi connectivity index (χ0v) is 11.9. The third kappa shape index (κ3) is 4.86. The molecule has 4 nitrogen and oxygen atoms in total. The van der Waals surface area contributed by atoms with Gasteiger partial charge >= 0.3 is 0 Å². The Morgan fingerprint density at radius 2 is 1.43 bits per heavy atom. The first kappa shape index (κ1) is 15.5. The second kappa shape index (κ2) is 7.78. The molecule has 0 aliphatic rings. The van der Waals surface area contributed by atoms with Crippen molar-refractivity contribution in [1.29, 1.82) is 0 Å². The molecule has 0 saturated carbocycles. The van der Waals surface area contributed by atoms with Gasteiger partial charge in [0.15, 0.2) is 0 Å². The number of hydrogen-bond donors (Lipinski definition) is 3. The number of aliphatic hydroxyl groups excluding tert-OH is 2. The van der Waals surface area contributed by atoms with Crippen molar-refractivity contribution in [2.45, 2.75) is 19.1 Å². The summed E-state index contributed by atoms with van der Waals surface area (Å²) in [4.78, 5) is 0. The number of nitrogens with two attached hydrogens (primary N) is 1. The highest BCUT2D eigenvalue weighted by Gasteiger charge is 2.03. The maximum absolute atomic E-state index is 9.34. The third-order valence-electron chi connectivity index (χ3n) is 3.25. The molecule has 1 atom stereocenters. The summed E-state index contributed by atoms with van der Waals surface area (Å²) < 4.78 is 5.44. The van der Waals surface area contributed by atoms with Crippen molar-refractivity contribution in [2.24, 2.45) is 5.73 Å². The second-order valence-corrected chi connectivity index (χ2v) is 5.00. The van der Waals surface area contributed by atoms with Gasteiger partial charge in [0.05, 0.1) is 6.61 Å². The van der Waals surface area contributed by atoms with E-state index in [1.165, 1.54) is 11.1 Å². The first-order valence-electron chi connectivity index (χ1n) is 7.00. The van der Waals surface area contributed by atoms with Crippen molar-refractivity contribution in [1.82, 2.24) is 0 Å². The highest BCUT2D eigenvalue weighted by Crippen LogP contribution is 2.16. The molecule has 2 aromatic carbocycles. The molecular formula is C17H21NO3. The number of rotatable bonds is 7. The Morgan fingerprint density at radius 1 is 0.905 bits per heavy atom. The van der Waals surface area contributed by atoms with Gasteiger partial charge in [-0.15, -0.1) is 0 Å². The van der Waals surface area contributed by atoms with Crippen LogP contribution in [0, 0.1) is 0 Å². The van der Waals surface area contributed by atoms with Crippen molar-refractivity contribution < 1.29 is 14.9 Å². The smallest absolute Gasteiger partial charge is 0.119 e. The van der Waals surface area contributed by atoms with Crippen LogP contribution in [-0.2, 0) is 13.0 Å². The van der Waals surface area contributed by atoms with Crippen LogP contribution in [0.1, 0.15) is 16.7 Å². The van der Waals surface area contributed by atoms with Gasteiger partial charge in [-0.2, -0.15) is 0 Å². The Hall–Kier alpha value is -1.88. The summed E-state index contributed by atoms with van der Waals surface area (Å²) in [6.07, 6.45) is 0.201. The average molecular weight is 287 g/mol. The van der Waals surface area contributed by atoms with Crippen LogP contribution in [0.3, 0.4) is 0 Å². The Kier molecular flexibility index (Phi) is 5.75. The van der Waals surface area contributed by atoms with E-state index in [1.807, 2.05) is 48.5 Å². The molecule has 0 radical (unpaired) electrons. The minimum absolute atomic E-state index is 0.0704. The molecule has 0 bridgehead atoms. The molecule has 0 aliphatic heterocycles. The molecule has 1 unspecified atom stereocenters. The van der Waals surface area contributed by atoms with E-state index in [0.29, 0.717) is 0 Å². The topological polar surface area (TPSA) is 75.7 Å². The van der Waals surface area contributed by atoms with Gasteiger partial charge in [-0.3, -0.25) is 0 Å². The number of ether oxygens (including phenoxy) is 1. The van der Waals surface area contributed by atoms with Gasteiger partial charge in [-0.25, -0.2) is 0 Å². The zero-order valence-electron chi connectivity index (χ0n) is 11.9. The van der Waals surface area contributed by atoms with Crippen molar-refractivity contribution in [3.8, 4) is 5.75 Å². The summed E-state index contributed by atoms with van der Waals surface area (Å²) in [6.45, 7) is 0.474. The van der Waals surface area contributed by atoms with E-state index in [1.54, 1.807) is 0 Å². The van der Waals surface area contributed by atoms with Crippen LogP contribution in [0.15, 0.2) is 48.5 Å². The molecule has 0 heterocycles. The van der Waals surface area contributed by atoms with Gasteiger partial charge in [0, 0.05) is 6.54 Å². The van der Waals surface area contributed by atoms with Crippen molar-refractivity contribution >= 4 is 0 Å². The molecule has 21 heavy (non-hydrogen) atoms. The zero-order chi connectivity index (χ0) is 15.1. The molecule has 0 aliphatic carbocycles. The lowest BCUT2D eigenvalue weighted by Gasteiger charge is -2.10. The Morgan fingerprint density at radius 3 is 1.95 bits per heavy atom. The van der Waals surface area contributed by atoms with Gasteiger partial charge < -0.3 is 20.7 Å². The molecule has 0 saturated heterocycles. The third-order valence-corrected chi connectivity index (χ3v) is 3.25. The molecule has 0 spiro atoms. The van der Waals surface area contributed by atoms with Crippen molar-refractivity contribution in [3.05, 3.63) is 65.2 Å². The Bertz CT molecular complexity index is 537. The molecule has 4 heteroatoms. The number of benzene rings is 2. The molecule has 0 aromatic heterocycles. The van der Waals surface area contributed by atoms with E-state index in [9.17, 15) is 5.11 Å². The largest absolute Gasteiger partial charge is 0.491 e. The highest BCUT2D eigenvalue weighted by atomic mass is 16.5. The van der Waals surface area contributed by atoms with Crippen molar-refractivity contribution in [3.63, 3.8) is 0 Å². The molecule has 112 valence electrons. The maximum atomic E-state index is 9.34. The minimum Gasteiger partial charge on any atom is -0.491 e. The molecule has 2 rings (SSSR count). The van der Waals surface area contributed by atoms with E-state index in [0.717, 1.165) is 17.7 Å². The van der Waals surface area contributed by atoms with E-state index in [-0.39, 0.29) is 19.8 Å². The molecular weight excluding hydrogens is 266 g/mol. The lowest BCUT2D eigenvalue weighted by molar-refractivity contribution is 0.114. The minimum atomic E-state index is -0.630. The summed E-state index contributed by atoms with van der Waals surface area (Å²) in [5, 5.41) is 18.4. The van der Waals surface area contributed by atoms with Gasteiger partial charge in [0.2, 0.25) is 0 Å². The van der Waals surface area contributed by atoms with Crippen LogP contribution in [0.2, 0.25) is 0 Å². The van der Waals surface area contributed by atoms with E-state index < -0.39 is 6.10 Å². The van der Waals surface area contributed by atoms with Gasteiger partial charge in [-0.05, 0) is 35.2 Å². The number of hydrogen-bond acceptors (Lipinski definition) is 4. The fourth-order valence-corrected chi connectivity index (χ4v) is 1.96. The Balaban J connectivity index is 1.92. The first-order valence-corrected chi connectivity index (χ1v) is 7.00. The van der Waals surface area contributed by atoms with Crippen LogP contribution in [0.4, 0.5) is 0 Å². The van der Waals surface area contributed by atoms with Crippen LogP contribution in [0.25, 0.3) is 0 Å². The maximum Gasteiger partial charge on any atom is 0.119 e. The monoisotopic (exact) mass is 287 g/mol. The molecule has 0 amide bonds. The second-order valence-electron chi connectivity index (χ2n) is 5.00. The molecule has 2 aromatic rings. The SMILES string of the molecule is NCC(O)COc1ccc(Cc2ccc(CO)cc2)cc1. The predicted molar refractivity (Wildman–Crippen MR) is 82.2 cm³/mol. The lowest BCUT2D eigenvalue weighted by Crippen LogP contribution is -2.26. The summed E-state index contributed by atoms with van der Waals surface area (Å²) in [6, 6.07) is 15.7. The fraction of sp³-hybridized carbons (Fsp3) is 0.294. The summed E-state index contributed by atoms with van der Waals surface area (Å²) in [7, 11) is 0. The summed E-state index contributed by atoms with van der Waals surface area (Å²) in [5.41, 5.74) is 8.61. The van der Waals surface area contributed by atoms with Crippen LogP contribution >= 0.6 is 0 Å². The normalized spacial score (nSPS) is 12.1. The average Bonchev–Trinajstić information content (AvgIpc) is 2.54. The predicted octanol–water partition coefficient (Wildman–Crippen LogP) is 1.47. The summed E-state index contributed by atoms with van der Waals surface area (Å²) in [5.74, 6) is 0.724. The van der Waals surface area contributed by atoms with Gasteiger partial charge in [-0.1, -0.05) is 36.4 Å². The van der Waals surface area contributed by atoms with Gasteiger partial charge in [0.25, 0.3) is 0 Å². The van der Waals surface area contributed by atoms with Gasteiger partial charge in [0.1, 0.15) is 18.5 Å². The summed E-state index contributed by atoms with van der Waals surface area (Å²) >= 11 is 0. The first-order chi connectivity index (χ1) is 10.2. The molecule has 4 N–H and O–H groups in total. The van der Waals surface area contributed by atoms with E-state index >= 15 is 0 Å². The standard InChI is InChI=1S/C17H21NO3/c18-10-16(20)12-21-17-7-5-14(6-8-17)9-13-1-3-15(11-19)4-2-13/h1-8,16,19-20H,9-12,18H2. The van der Waals surface area contributed by atoms with Crippen LogP contribution in [0.5, 0.6) is 5.75 Å². The Labute approximate surface area is 124 Å². The fourth-order valence-electron chi connectivity index (χ4n) is 1.96. The van der Waals surface area contributed by atoms with E-state index in [4.69, 9.17) is 15.6 Å². The van der Waals surface area contributed by atoms with Crippen LogP contribution < -0.4 is 10.5 Å².